The minimum absolute atomic E-state index is 0.00320. The predicted molar refractivity (Wildman–Crippen MR) is 71.5 cm³/mol. The molecule has 0 spiro atoms. The third kappa shape index (κ3) is 4.57. The van der Waals surface area contributed by atoms with Gasteiger partial charge in [0, 0.05) is 25.1 Å². The molecule has 1 rings (SSSR count). The zero-order valence-electron chi connectivity index (χ0n) is 11.0. The van der Waals surface area contributed by atoms with Crippen molar-refractivity contribution in [3.63, 3.8) is 0 Å². The summed E-state index contributed by atoms with van der Waals surface area (Å²) in [4.78, 5) is 22.7. The molecule has 1 aromatic carbocycles. The lowest BCUT2D eigenvalue weighted by Crippen LogP contribution is -2.34. The van der Waals surface area contributed by atoms with Gasteiger partial charge < -0.3 is 10.6 Å². The highest BCUT2D eigenvalue weighted by Gasteiger charge is 2.04. The van der Waals surface area contributed by atoms with E-state index in [-0.39, 0.29) is 11.8 Å². The maximum absolute atomic E-state index is 11.7. The van der Waals surface area contributed by atoms with Crippen LogP contribution in [0.5, 0.6) is 0 Å². The van der Waals surface area contributed by atoms with Crippen molar-refractivity contribution in [1.29, 1.82) is 0 Å². The van der Waals surface area contributed by atoms with Crippen molar-refractivity contribution >= 4 is 11.8 Å². The van der Waals surface area contributed by atoms with Crippen molar-refractivity contribution in [2.45, 2.75) is 26.7 Å². The molecular weight excluding hydrogens is 228 g/mol. The van der Waals surface area contributed by atoms with Crippen LogP contribution in [-0.2, 0) is 11.2 Å². The fourth-order valence-corrected chi connectivity index (χ4v) is 1.50. The van der Waals surface area contributed by atoms with Crippen molar-refractivity contribution < 1.29 is 9.59 Å². The Kier molecular flexibility index (Phi) is 5.91. The third-order valence-electron chi connectivity index (χ3n) is 2.68. The molecule has 0 radical (unpaired) electrons. The third-order valence-corrected chi connectivity index (χ3v) is 2.68. The van der Waals surface area contributed by atoms with Gasteiger partial charge in [-0.1, -0.05) is 26.0 Å². The zero-order valence-corrected chi connectivity index (χ0v) is 11.0. The SMILES string of the molecule is CCC(=O)NCCNC(=O)c1ccc(CC)cc1. The summed E-state index contributed by atoms with van der Waals surface area (Å²) >= 11 is 0. The van der Waals surface area contributed by atoms with Gasteiger partial charge in [0.15, 0.2) is 0 Å². The van der Waals surface area contributed by atoms with Crippen LogP contribution in [0.4, 0.5) is 0 Å². The van der Waals surface area contributed by atoms with Gasteiger partial charge >= 0.3 is 0 Å². The summed E-state index contributed by atoms with van der Waals surface area (Å²) in [5.74, 6) is -0.111. The Balaban J connectivity index is 2.33. The second-order valence-corrected chi connectivity index (χ2v) is 4.01. The first kappa shape index (κ1) is 14.2. The van der Waals surface area contributed by atoms with E-state index in [2.05, 4.69) is 17.6 Å². The standard InChI is InChI=1S/C14H20N2O2/c1-3-11-5-7-12(8-6-11)14(18)16-10-9-15-13(17)4-2/h5-8H,3-4,9-10H2,1-2H3,(H,15,17)(H,16,18). The Morgan fingerprint density at radius 2 is 1.61 bits per heavy atom. The maximum Gasteiger partial charge on any atom is 0.251 e. The Labute approximate surface area is 108 Å². The maximum atomic E-state index is 11.7. The Bertz CT molecular complexity index is 399. The minimum atomic E-state index is -0.108. The van der Waals surface area contributed by atoms with Crippen molar-refractivity contribution in [1.82, 2.24) is 10.6 Å². The van der Waals surface area contributed by atoms with Crippen LogP contribution in [0.3, 0.4) is 0 Å². The van der Waals surface area contributed by atoms with E-state index in [0.717, 1.165) is 6.42 Å². The number of hydrogen-bond acceptors (Lipinski definition) is 2. The van der Waals surface area contributed by atoms with Gasteiger partial charge in [-0.3, -0.25) is 9.59 Å². The van der Waals surface area contributed by atoms with E-state index in [1.54, 1.807) is 6.92 Å². The Morgan fingerprint density at radius 1 is 1.00 bits per heavy atom. The number of rotatable bonds is 6. The normalized spacial score (nSPS) is 9.89. The van der Waals surface area contributed by atoms with Crippen LogP contribution in [0, 0.1) is 0 Å². The molecule has 0 aliphatic heterocycles. The summed E-state index contributed by atoms with van der Waals surface area (Å²) in [6.45, 7) is 4.78. The van der Waals surface area contributed by atoms with Crippen LogP contribution < -0.4 is 10.6 Å². The number of aryl methyl sites for hydroxylation is 1. The molecule has 0 fully saturated rings. The largest absolute Gasteiger partial charge is 0.354 e. The average molecular weight is 248 g/mol. The molecular formula is C14H20N2O2. The number of nitrogens with one attached hydrogen (secondary N) is 2. The van der Waals surface area contributed by atoms with E-state index >= 15 is 0 Å². The van der Waals surface area contributed by atoms with E-state index in [1.165, 1.54) is 5.56 Å². The quantitative estimate of drug-likeness (QED) is 0.750. The van der Waals surface area contributed by atoms with Crippen molar-refractivity contribution in [3.05, 3.63) is 35.4 Å². The number of carbonyl (C=O) groups excluding carboxylic acids is 2. The zero-order chi connectivity index (χ0) is 13.4. The highest BCUT2D eigenvalue weighted by atomic mass is 16.2. The first-order chi connectivity index (χ1) is 8.67. The first-order valence-electron chi connectivity index (χ1n) is 6.31. The Hall–Kier alpha value is -1.84. The molecule has 2 amide bonds. The summed E-state index contributed by atoms with van der Waals surface area (Å²) < 4.78 is 0. The monoisotopic (exact) mass is 248 g/mol. The van der Waals surface area contributed by atoms with Crippen LogP contribution in [0.15, 0.2) is 24.3 Å². The van der Waals surface area contributed by atoms with E-state index in [1.807, 2.05) is 24.3 Å². The molecule has 1 aromatic rings. The van der Waals surface area contributed by atoms with Crippen molar-refractivity contribution in [3.8, 4) is 0 Å². The molecule has 98 valence electrons. The van der Waals surface area contributed by atoms with Gasteiger partial charge in [-0.25, -0.2) is 0 Å². The van der Waals surface area contributed by atoms with Crippen LogP contribution in [-0.4, -0.2) is 24.9 Å². The smallest absolute Gasteiger partial charge is 0.251 e. The van der Waals surface area contributed by atoms with Crippen molar-refractivity contribution in [2.75, 3.05) is 13.1 Å². The van der Waals surface area contributed by atoms with Gasteiger partial charge in [-0.2, -0.15) is 0 Å². The summed E-state index contributed by atoms with van der Waals surface area (Å²) in [6.07, 6.45) is 1.43. The van der Waals surface area contributed by atoms with Gasteiger partial charge in [-0.05, 0) is 24.1 Å². The summed E-state index contributed by atoms with van der Waals surface area (Å²) in [5, 5.41) is 5.47. The fraction of sp³-hybridized carbons (Fsp3) is 0.429. The highest BCUT2D eigenvalue weighted by Crippen LogP contribution is 2.04. The molecule has 0 aliphatic carbocycles. The highest BCUT2D eigenvalue weighted by molar-refractivity contribution is 5.94. The summed E-state index contributed by atoms with van der Waals surface area (Å²) in [7, 11) is 0. The Morgan fingerprint density at radius 3 is 2.17 bits per heavy atom. The molecule has 0 unspecified atom stereocenters. The molecule has 4 heteroatoms. The molecule has 0 saturated heterocycles. The van der Waals surface area contributed by atoms with Crippen molar-refractivity contribution in [2.24, 2.45) is 0 Å². The van der Waals surface area contributed by atoms with E-state index in [9.17, 15) is 9.59 Å². The molecule has 0 heterocycles. The molecule has 0 atom stereocenters. The number of hydrogen-bond donors (Lipinski definition) is 2. The summed E-state index contributed by atoms with van der Waals surface area (Å²) in [5.41, 5.74) is 1.86. The molecule has 18 heavy (non-hydrogen) atoms. The van der Waals surface area contributed by atoms with Gasteiger partial charge in [-0.15, -0.1) is 0 Å². The molecule has 4 nitrogen and oxygen atoms in total. The van der Waals surface area contributed by atoms with Gasteiger partial charge in [0.2, 0.25) is 5.91 Å². The number of benzene rings is 1. The second-order valence-electron chi connectivity index (χ2n) is 4.01. The van der Waals surface area contributed by atoms with E-state index in [4.69, 9.17) is 0 Å². The first-order valence-corrected chi connectivity index (χ1v) is 6.31. The molecule has 0 aromatic heterocycles. The van der Waals surface area contributed by atoms with Crippen LogP contribution in [0.25, 0.3) is 0 Å². The molecule has 0 bridgehead atoms. The minimum Gasteiger partial charge on any atom is -0.354 e. The van der Waals surface area contributed by atoms with Gasteiger partial charge in [0.25, 0.3) is 5.91 Å². The summed E-state index contributed by atoms with van der Waals surface area (Å²) in [6, 6.07) is 7.54. The van der Waals surface area contributed by atoms with Gasteiger partial charge in [0.1, 0.15) is 0 Å². The molecule has 0 aliphatic rings. The molecule has 0 saturated carbocycles. The topological polar surface area (TPSA) is 58.2 Å². The van der Waals surface area contributed by atoms with Crippen LogP contribution in [0.2, 0.25) is 0 Å². The second kappa shape index (κ2) is 7.48. The number of amides is 2. The molecule has 2 N–H and O–H groups in total. The van der Waals surface area contributed by atoms with E-state index < -0.39 is 0 Å². The predicted octanol–water partition coefficient (Wildman–Crippen LogP) is 1.50. The lowest BCUT2D eigenvalue weighted by molar-refractivity contribution is -0.120. The van der Waals surface area contributed by atoms with Crippen LogP contribution in [0.1, 0.15) is 36.2 Å². The van der Waals surface area contributed by atoms with E-state index in [0.29, 0.717) is 25.1 Å². The van der Waals surface area contributed by atoms with Gasteiger partial charge in [0.05, 0.1) is 0 Å². The lowest BCUT2D eigenvalue weighted by atomic mass is 10.1. The van der Waals surface area contributed by atoms with Crippen LogP contribution >= 0.6 is 0 Å². The average Bonchev–Trinajstić information content (AvgIpc) is 2.43. The lowest BCUT2D eigenvalue weighted by Gasteiger charge is -2.06. The fourth-order valence-electron chi connectivity index (χ4n) is 1.50. The number of carbonyl (C=O) groups is 2.